The maximum atomic E-state index is 11.7. The van der Waals surface area contributed by atoms with Crippen molar-refractivity contribution in [2.75, 3.05) is 38.1 Å². The van der Waals surface area contributed by atoms with E-state index in [9.17, 15) is 4.79 Å². The second kappa shape index (κ2) is 5.87. The first-order valence-corrected chi connectivity index (χ1v) is 6.49. The lowest BCUT2D eigenvalue weighted by molar-refractivity contribution is -0.129. The summed E-state index contributed by atoms with van der Waals surface area (Å²) in [6, 6.07) is 8.46. The highest BCUT2D eigenvalue weighted by molar-refractivity contribution is 5.82. The van der Waals surface area contributed by atoms with E-state index in [1.54, 1.807) is 4.90 Å². The molecule has 1 amide bonds. The van der Waals surface area contributed by atoms with Gasteiger partial charge in [-0.15, -0.1) is 0 Å². The summed E-state index contributed by atoms with van der Waals surface area (Å²) in [6.45, 7) is 6.19. The fraction of sp³-hybridized carbons (Fsp3) is 0.500. The highest BCUT2D eigenvalue weighted by Gasteiger charge is 2.20. The Morgan fingerprint density at radius 2 is 1.94 bits per heavy atom. The van der Waals surface area contributed by atoms with Crippen LogP contribution in [0, 0.1) is 0 Å². The molecule has 1 aliphatic rings. The molecule has 2 rings (SSSR count). The number of hydrogen-bond acceptors (Lipinski definition) is 3. The van der Waals surface area contributed by atoms with Gasteiger partial charge in [0.15, 0.2) is 0 Å². The molecule has 0 atom stereocenters. The zero-order chi connectivity index (χ0) is 13.0. The topological polar surface area (TPSA) is 35.6 Å². The Kier molecular flexibility index (Phi) is 4.20. The number of hydrogen-bond donors (Lipinski definition) is 1. The molecular weight excluding hydrogens is 226 g/mol. The van der Waals surface area contributed by atoms with Crippen LogP contribution < -0.4 is 10.2 Å². The predicted molar refractivity (Wildman–Crippen MR) is 73.7 cm³/mol. The Labute approximate surface area is 109 Å². The Morgan fingerprint density at radius 1 is 1.22 bits per heavy atom. The normalized spacial score (nSPS) is 16.2. The van der Waals surface area contributed by atoms with Gasteiger partial charge >= 0.3 is 0 Å². The van der Waals surface area contributed by atoms with E-state index in [4.69, 9.17) is 0 Å². The highest BCUT2D eigenvalue weighted by atomic mass is 16.2. The standard InChI is InChI=1S/C14H21N3O/c1-3-15-10-12-4-6-13(7-5-12)17-9-8-16(2)14(18)11-17/h4-7,15H,3,8-11H2,1-2H3. The molecule has 98 valence electrons. The number of nitrogens with one attached hydrogen (secondary N) is 1. The summed E-state index contributed by atoms with van der Waals surface area (Å²) in [7, 11) is 1.86. The van der Waals surface area contributed by atoms with Gasteiger partial charge in [0, 0.05) is 32.4 Å². The average Bonchev–Trinajstić information content (AvgIpc) is 2.40. The van der Waals surface area contributed by atoms with Gasteiger partial charge in [0.2, 0.25) is 5.91 Å². The summed E-state index contributed by atoms with van der Waals surface area (Å²) < 4.78 is 0. The van der Waals surface area contributed by atoms with E-state index in [-0.39, 0.29) is 5.91 Å². The minimum Gasteiger partial charge on any atom is -0.360 e. The molecule has 0 saturated carbocycles. The van der Waals surface area contributed by atoms with Crippen molar-refractivity contribution in [2.45, 2.75) is 13.5 Å². The van der Waals surface area contributed by atoms with Crippen LogP contribution in [0.5, 0.6) is 0 Å². The Bertz CT molecular complexity index is 402. The average molecular weight is 247 g/mol. The number of carbonyl (C=O) groups is 1. The first-order valence-electron chi connectivity index (χ1n) is 6.49. The molecule has 0 radical (unpaired) electrons. The van der Waals surface area contributed by atoms with Crippen LogP contribution in [0.15, 0.2) is 24.3 Å². The van der Waals surface area contributed by atoms with Crippen molar-refractivity contribution < 1.29 is 4.79 Å². The number of piperazine rings is 1. The van der Waals surface area contributed by atoms with Crippen molar-refractivity contribution in [1.29, 1.82) is 0 Å². The highest BCUT2D eigenvalue weighted by Crippen LogP contribution is 2.17. The third kappa shape index (κ3) is 3.01. The predicted octanol–water partition coefficient (Wildman–Crippen LogP) is 1.07. The molecule has 18 heavy (non-hydrogen) atoms. The van der Waals surface area contributed by atoms with Crippen LogP contribution in [0.2, 0.25) is 0 Å². The first-order chi connectivity index (χ1) is 8.70. The van der Waals surface area contributed by atoms with Gasteiger partial charge in [-0.2, -0.15) is 0 Å². The van der Waals surface area contributed by atoms with E-state index >= 15 is 0 Å². The monoisotopic (exact) mass is 247 g/mol. The van der Waals surface area contributed by atoms with Crippen LogP contribution in [0.1, 0.15) is 12.5 Å². The van der Waals surface area contributed by atoms with Crippen molar-refractivity contribution in [2.24, 2.45) is 0 Å². The van der Waals surface area contributed by atoms with Gasteiger partial charge in [-0.25, -0.2) is 0 Å². The summed E-state index contributed by atoms with van der Waals surface area (Å²) in [5, 5.41) is 3.30. The van der Waals surface area contributed by atoms with Crippen molar-refractivity contribution in [1.82, 2.24) is 10.2 Å². The van der Waals surface area contributed by atoms with E-state index < -0.39 is 0 Å². The van der Waals surface area contributed by atoms with Gasteiger partial charge in [0.25, 0.3) is 0 Å². The molecule has 4 nitrogen and oxygen atoms in total. The van der Waals surface area contributed by atoms with E-state index in [1.807, 2.05) is 7.05 Å². The van der Waals surface area contributed by atoms with E-state index in [2.05, 4.69) is 41.4 Å². The second-order valence-electron chi connectivity index (χ2n) is 4.68. The SMILES string of the molecule is CCNCc1ccc(N2CCN(C)C(=O)C2)cc1. The van der Waals surface area contributed by atoms with E-state index in [1.165, 1.54) is 5.56 Å². The van der Waals surface area contributed by atoms with Gasteiger partial charge in [0.1, 0.15) is 0 Å². The maximum absolute atomic E-state index is 11.7. The molecule has 1 saturated heterocycles. The molecule has 4 heteroatoms. The molecule has 1 heterocycles. The molecule has 0 spiro atoms. The smallest absolute Gasteiger partial charge is 0.241 e. The van der Waals surface area contributed by atoms with Gasteiger partial charge in [-0.3, -0.25) is 4.79 Å². The third-order valence-electron chi connectivity index (χ3n) is 3.34. The molecule has 1 aromatic carbocycles. The number of benzene rings is 1. The van der Waals surface area contributed by atoms with Crippen LogP contribution >= 0.6 is 0 Å². The van der Waals surface area contributed by atoms with Crippen LogP contribution in [0.25, 0.3) is 0 Å². The maximum Gasteiger partial charge on any atom is 0.241 e. The number of likely N-dealkylation sites (N-methyl/N-ethyl adjacent to an activating group) is 1. The quantitative estimate of drug-likeness (QED) is 0.864. The van der Waals surface area contributed by atoms with Crippen LogP contribution in [0.4, 0.5) is 5.69 Å². The van der Waals surface area contributed by atoms with E-state index in [0.29, 0.717) is 6.54 Å². The van der Waals surface area contributed by atoms with Gasteiger partial charge in [0.05, 0.1) is 6.54 Å². The number of amides is 1. The Hall–Kier alpha value is -1.55. The summed E-state index contributed by atoms with van der Waals surface area (Å²) in [4.78, 5) is 15.6. The lowest BCUT2D eigenvalue weighted by Crippen LogP contribution is -2.48. The van der Waals surface area contributed by atoms with Crippen molar-refractivity contribution in [3.05, 3.63) is 29.8 Å². The molecule has 1 aliphatic heterocycles. The summed E-state index contributed by atoms with van der Waals surface area (Å²) in [6.07, 6.45) is 0. The second-order valence-corrected chi connectivity index (χ2v) is 4.68. The number of carbonyl (C=O) groups excluding carboxylic acids is 1. The largest absolute Gasteiger partial charge is 0.360 e. The number of anilines is 1. The lowest BCUT2D eigenvalue weighted by atomic mass is 10.1. The van der Waals surface area contributed by atoms with Crippen molar-refractivity contribution in [3.63, 3.8) is 0 Å². The molecule has 1 fully saturated rings. The fourth-order valence-corrected chi connectivity index (χ4v) is 2.07. The third-order valence-corrected chi connectivity index (χ3v) is 3.34. The van der Waals surface area contributed by atoms with Crippen LogP contribution in [-0.4, -0.2) is 44.0 Å². The number of rotatable bonds is 4. The summed E-state index contributed by atoms with van der Waals surface area (Å²) in [5.41, 5.74) is 2.41. The van der Waals surface area contributed by atoms with Crippen molar-refractivity contribution in [3.8, 4) is 0 Å². The van der Waals surface area contributed by atoms with E-state index in [0.717, 1.165) is 31.9 Å². The first kappa shape index (κ1) is 12.9. The zero-order valence-corrected chi connectivity index (χ0v) is 11.1. The molecular formula is C14H21N3O. The molecule has 0 aliphatic carbocycles. The Morgan fingerprint density at radius 3 is 2.56 bits per heavy atom. The van der Waals surface area contributed by atoms with Gasteiger partial charge in [-0.1, -0.05) is 19.1 Å². The lowest BCUT2D eigenvalue weighted by Gasteiger charge is -2.33. The minimum absolute atomic E-state index is 0.193. The molecule has 0 aromatic heterocycles. The van der Waals surface area contributed by atoms with Crippen LogP contribution in [-0.2, 0) is 11.3 Å². The molecule has 0 unspecified atom stereocenters. The Balaban J connectivity index is 1.99. The van der Waals surface area contributed by atoms with Crippen LogP contribution in [0.3, 0.4) is 0 Å². The van der Waals surface area contributed by atoms with Crippen molar-refractivity contribution >= 4 is 11.6 Å². The molecule has 1 N–H and O–H groups in total. The van der Waals surface area contributed by atoms with Gasteiger partial charge < -0.3 is 15.1 Å². The minimum atomic E-state index is 0.193. The summed E-state index contributed by atoms with van der Waals surface area (Å²) in [5.74, 6) is 0.193. The molecule has 1 aromatic rings. The van der Waals surface area contributed by atoms with Gasteiger partial charge in [-0.05, 0) is 24.2 Å². The fourth-order valence-electron chi connectivity index (χ4n) is 2.07. The molecule has 0 bridgehead atoms. The zero-order valence-electron chi connectivity index (χ0n) is 11.1. The summed E-state index contributed by atoms with van der Waals surface area (Å²) >= 11 is 0. The number of nitrogens with zero attached hydrogens (tertiary/aromatic N) is 2.